The van der Waals surface area contributed by atoms with Crippen molar-refractivity contribution in [2.75, 3.05) is 6.54 Å². The molecule has 0 bridgehead atoms. The molecule has 1 nitrogen and oxygen atoms in total. The van der Waals surface area contributed by atoms with Crippen molar-refractivity contribution in [1.29, 1.82) is 0 Å². The molecule has 0 spiro atoms. The van der Waals surface area contributed by atoms with Gasteiger partial charge in [-0.2, -0.15) is 0 Å². The van der Waals surface area contributed by atoms with E-state index in [-0.39, 0.29) is 0 Å². The third-order valence-corrected chi connectivity index (χ3v) is 3.78. The normalized spacial score (nSPS) is 13.7. The molecule has 0 fully saturated rings. The van der Waals surface area contributed by atoms with Gasteiger partial charge in [-0.05, 0) is 42.9 Å². The van der Waals surface area contributed by atoms with Crippen LogP contribution in [0, 0.1) is 0 Å². The van der Waals surface area contributed by atoms with Crippen molar-refractivity contribution in [3.05, 3.63) is 35.4 Å². The second-order valence-corrected chi connectivity index (χ2v) is 5.54. The lowest BCUT2D eigenvalue weighted by Gasteiger charge is -2.24. The van der Waals surface area contributed by atoms with Crippen molar-refractivity contribution in [3.8, 4) is 0 Å². The minimum Gasteiger partial charge on any atom is -0.310 e. The zero-order chi connectivity index (χ0) is 12.9. The van der Waals surface area contributed by atoms with Gasteiger partial charge in [0.05, 0.1) is 0 Å². The van der Waals surface area contributed by atoms with Crippen LogP contribution in [0.5, 0.6) is 0 Å². The minimum absolute atomic E-state index is 0.290. The molecule has 1 unspecified atom stereocenters. The standard InChI is InChI=1S/C16H27N/c1-6-12-17-13(3)14-8-10-15(11-9-14)16(4,5)7-2/h8-11,13,17H,6-7,12H2,1-5H3. The molecular weight excluding hydrogens is 206 g/mol. The largest absolute Gasteiger partial charge is 0.310 e. The molecule has 1 rings (SSSR count). The highest BCUT2D eigenvalue weighted by Gasteiger charge is 2.17. The highest BCUT2D eigenvalue weighted by Crippen LogP contribution is 2.27. The van der Waals surface area contributed by atoms with Crippen molar-refractivity contribution in [2.24, 2.45) is 0 Å². The molecule has 0 saturated carbocycles. The van der Waals surface area contributed by atoms with Gasteiger partial charge in [-0.3, -0.25) is 0 Å². The van der Waals surface area contributed by atoms with Crippen molar-refractivity contribution < 1.29 is 0 Å². The van der Waals surface area contributed by atoms with Gasteiger partial charge in [0.15, 0.2) is 0 Å². The number of hydrogen-bond acceptors (Lipinski definition) is 1. The van der Waals surface area contributed by atoms with Crippen molar-refractivity contribution in [3.63, 3.8) is 0 Å². The Kier molecular flexibility index (Phi) is 5.20. The maximum Gasteiger partial charge on any atom is 0.0291 e. The Morgan fingerprint density at radius 1 is 1.12 bits per heavy atom. The van der Waals surface area contributed by atoms with Crippen LogP contribution in [0.2, 0.25) is 0 Å². The Hall–Kier alpha value is -0.820. The summed E-state index contributed by atoms with van der Waals surface area (Å²) >= 11 is 0. The fourth-order valence-electron chi connectivity index (χ4n) is 1.91. The van der Waals surface area contributed by atoms with Gasteiger partial charge in [-0.25, -0.2) is 0 Å². The van der Waals surface area contributed by atoms with E-state index in [2.05, 4.69) is 64.2 Å². The molecule has 96 valence electrons. The van der Waals surface area contributed by atoms with E-state index in [0.29, 0.717) is 11.5 Å². The summed E-state index contributed by atoms with van der Waals surface area (Å²) in [6, 6.07) is 9.54. The monoisotopic (exact) mass is 233 g/mol. The molecule has 1 N–H and O–H groups in total. The van der Waals surface area contributed by atoms with Gasteiger partial charge in [0.25, 0.3) is 0 Å². The van der Waals surface area contributed by atoms with Gasteiger partial charge in [-0.1, -0.05) is 52.0 Å². The van der Waals surface area contributed by atoms with Crippen molar-refractivity contribution in [2.45, 2.75) is 58.9 Å². The molecule has 0 aliphatic heterocycles. The summed E-state index contributed by atoms with van der Waals surface area (Å²) in [6.07, 6.45) is 2.36. The average Bonchev–Trinajstić information content (AvgIpc) is 2.36. The van der Waals surface area contributed by atoms with E-state index in [9.17, 15) is 0 Å². The summed E-state index contributed by atoms with van der Waals surface area (Å²) in [7, 11) is 0. The average molecular weight is 233 g/mol. The Labute approximate surface area is 107 Å². The molecule has 0 aliphatic carbocycles. The van der Waals surface area contributed by atoms with Crippen molar-refractivity contribution in [1.82, 2.24) is 5.32 Å². The molecule has 0 saturated heterocycles. The van der Waals surface area contributed by atoms with Gasteiger partial charge in [0.1, 0.15) is 0 Å². The smallest absolute Gasteiger partial charge is 0.0291 e. The van der Waals surface area contributed by atoms with Crippen LogP contribution in [0.3, 0.4) is 0 Å². The molecule has 1 atom stereocenters. The fourth-order valence-corrected chi connectivity index (χ4v) is 1.91. The zero-order valence-electron chi connectivity index (χ0n) is 12.0. The van der Waals surface area contributed by atoms with Gasteiger partial charge < -0.3 is 5.32 Å². The Morgan fingerprint density at radius 2 is 1.71 bits per heavy atom. The first-order valence-corrected chi connectivity index (χ1v) is 6.85. The third-order valence-electron chi connectivity index (χ3n) is 3.78. The fraction of sp³-hybridized carbons (Fsp3) is 0.625. The van der Waals surface area contributed by atoms with E-state index in [0.717, 1.165) is 6.54 Å². The lowest BCUT2D eigenvalue weighted by atomic mass is 9.82. The first kappa shape index (κ1) is 14.2. The minimum atomic E-state index is 0.290. The van der Waals surface area contributed by atoms with E-state index in [1.807, 2.05) is 0 Å². The summed E-state index contributed by atoms with van der Waals surface area (Å²) < 4.78 is 0. The molecule has 17 heavy (non-hydrogen) atoms. The van der Waals surface area contributed by atoms with E-state index in [1.54, 1.807) is 0 Å². The lowest BCUT2D eigenvalue weighted by Crippen LogP contribution is -2.20. The van der Waals surface area contributed by atoms with Crippen LogP contribution in [0.25, 0.3) is 0 Å². The predicted molar refractivity (Wildman–Crippen MR) is 76.5 cm³/mol. The van der Waals surface area contributed by atoms with Crippen LogP contribution in [0.1, 0.15) is 64.6 Å². The molecule has 0 amide bonds. The Morgan fingerprint density at radius 3 is 2.18 bits per heavy atom. The van der Waals surface area contributed by atoms with Crippen LogP contribution < -0.4 is 5.32 Å². The van der Waals surface area contributed by atoms with Gasteiger partial charge in [0.2, 0.25) is 0 Å². The number of hydrogen-bond donors (Lipinski definition) is 1. The summed E-state index contributed by atoms with van der Waals surface area (Å²) in [5.74, 6) is 0. The lowest BCUT2D eigenvalue weighted by molar-refractivity contribution is 0.505. The Balaban J connectivity index is 2.74. The van der Waals surface area contributed by atoms with E-state index < -0.39 is 0 Å². The van der Waals surface area contributed by atoms with Crippen LogP contribution in [0.15, 0.2) is 24.3 Å². The predicted octanol–water partition coefficient (Wildman–Crippen LogP) is 4.43. The molecule has 1 heteroatoms. The molecule has 0 radical (unpaired) electrons. The van der Waals surface area contributed by atoms with Crippen LogP contribution in [0.4, 0.5) is 0 Å². The third kappa shape index (κ3) is 3.85. The van der Waals surface area contributed by atoms with Gasteiger partial charge in [-0.15, -0.1) is 0 Å². The molecule has 1 aromatic rings. The second-order valence-electron chi connectivity index (χ2n) is 5.54. The van der Waals surface area contributed by atoms with Crippen LogP contribution >= 0.6 is 0 Å². The van der Waals surface area contributed by atoms with Crippen molar-refractivity contribution >= 4 is 0 Å². The number of benzene rings is 1. The van der Waals surface area contributed by atoms with E-state index in [1.165, 1.54) is 24.0 Å². The molecule has 0 heterocycles. The SMILES string of the molecule is CCCNC(C)c1ccc(C(C)(C)CC)cc1. The van der Waals surface area contributed by atoms with Gasteiger partial charge >= 0.3 is 0 Å². The summed E-state index contributed by atoms with van der Waals surface area (Å²) in [5, 5.41) is 3.52. The van der Waals surface area contributed by atoms with Crippen LogP contribution in [-0.2, 0) is 5.41 Å². The first-order valence-electron chi connectivity index (χ1n) is 6.85. The van der Waals surface area contributed by atoms with E-state index in [4.69, 9.17) is 0 Å². The molecule has 1 aromatic carbocycles. The van der Waals surface area contributed by atoms with E-state index >= 15 is 0 Å². The topological polar surface area (TPSA) is 12.0 Å². The summed E-state index contributed by atoms with van der Waals surface area (Å²) in [6.45, 7) is 12.4. The first-order chi connectivity index (χ1) is 8.01. The van der Waals surface area contributed by atoms with Gasteiger partial charge in [0, 0.05) is 6.04 Å². The Bertz CT molecular complexity index is 324. The quantitative estimate of drug-likeness (QED) is 0.766. The highest BCUT2D eigenvalue weighted by atomic mass is 14.9. The number of rotatable bonds is 6. The zero-order valence-corrected chi connectivity index (χ0v) is 12.0. The maximum atomic E-state index is 3.52. The molecular formula is C16H27N. The molecule has 0 aliphatic rings. The summed E-state index contributed by atoms with van der Waals surface area (Å²) in [5.41, 5.74) is 3.11. The van der Waals surface area contributed by atoms with Crippen LogP contribution in [-0.4, -0.2) is 6.54 Å². The summed E-state index contributed by atoms with van der Waals surface area (Å²) in [4.78, 5) is 0. The highest BCUT2D eigenvalue weighted by molar-refractivity contribution is 5.29. The molecule has 0 aromatic heterocycles. The second kappa shape index (κ2) is 6.20. The maximum absolute atomic E-state index is 3.52. The number of nitrogens with one attached hydrogen (secondary N) is 1.